The lowest BCUT2D eigenvalue weighted by atomic mass is 10.1. The number of carbonyl (C=O) groups is 1. The van der Waals surface area contributed by atoms with Crippen LogP contribution < -0.4 is 15.8 Å². The molecule has 8 nitrogen and oxygen atoms in total. The molecule has 1 fully saturated rings. The molecule has 0 bridgehead atoms. The summed E-state index contributed by atoms with van der Waals surface area (Å²) in [6.07, 6.45) is 2.65. The van der Waals surface area contributed by atoms with Crippen molar-refractivity contribution in [1.29, 1.82) is 0 Å². The van der Waals surface area contributed by atoms with E-state index >= 15 is 0 Å². The van der Waals surface area contributed by atoms with Gasteiger partial charge in [0, 0.05) is 48.8 Å². The first-order valence-electron chi connectivity index (χ1n) is 9.96. The van der Waals surface area contributed by atoms with Gasteiger partial charge in [-0.05, 0) is 36.2 Å². The molecule has 1 aromatic heterocycles. The minimum atomic E-state index is -4.02. The van der Waals surface area contributed by atoms with Gasteiger partial charge in [-0.15, -0.1) is 0 Å². The van der Waals surface area contributed by atoms with Crippen LogP contribution in [0.25, 0.3) is 10.9 Å². The predicted octanol–water partition coefficient (Wildman–Crippen LogP) is 1.67. The van der Waals surface area contributed by atoms with Gasteiger partial charge in [-0.1, -0.05) is 29.8 Å². The van der Waals surface area contributed by atoms with Gasteiger partial charge in [0.15, 0.2) is 0 Å². The molecular formula is C21H24ClN5O3S. The molecule has 10 heteroatoms. The summed E-state index contributed by atoms with van der Waals surface area (Å²) in [6.45, 7) is 2.99. The highest BCUT2D eigenvalue weighted by Gasteiger charge is 2.25. The lowest BCUT2D eigenvalue weighted by molar-refractivity contribution is 0.0806. The standard InChI is InChI=1S/C21H24ClN5O3S/c22-17-6-5-14(11-19(17)31(23,29)30)21(28)26-20-13-24-8-10-27(20)9-7-15-12-25-18-4-2-1-3-16(15)18/h1-6,11-12,20,24-25H,7-10,13H2,(H,26,28)(H2,23,29,30). The fourth-order valence-corrected chi connectivity index (χ4v) is 4.93. The second kappa shape index (κ2) is 8.97. The summed E-state index contributed by atoms with van der Waals surface area (Å²) in [5, 5.41) is 12.7. The van der Waals surface area contributed by atoms with Crippen molar-refractivity contribution in [2.24, 2.45) is 5.14 Å². The number of carbonyl (C=O) groups excluding carboxylic acids is 1. The SMILES string of the molecule is NS(=O)(=O)c1cc(C(=O)NC2CNCCN2CCc2c[nH]c3ccccc23)ccc1Cl. The number of nitrogens with zero attached hydrogens (tertiary/aromatic N) is 1. The molecule has 5 N–H and O–H groups in total. The number of benzene rings is 2. The molecule has 3 aromatic rings. The molecule has 0 spiro atoms. The number of H-pyrrole nitrogens is 1. The van der Waals surface area contributed by atoms with Crippen LogP contribution >= 0.6 is 11.6 Å². The number of hydrogen-bond acceptors (Lipinski definition) is 5. The van der Waals surface area contributed by atoms with Crippen LogP contribution in [0, 0.1) is 0 Å². The van der Waals surface area contributed by atoms with Gasteiger partial charge in [0.25, 0.3) is 5.91 Å². The fourth-order valence-electron chi connectivity index (χ4n) is 3.86. The normalized spacial score (nSPS) is 17.7. The Hall–Kier alpha value is -2.43. The predicted molar refractivity (Wildman–Crippen MR) is 121 cm³/mol. The number of primary sulfonamides is 1. The Bertz CT molecular complexity index is 1210. The summed E-state index contributed by atoms with van der Waals surface area (Å²) in [5.74, 6) is -0.382. The second-order valence-electron chi connectivity index (χ2n) is 7.53. The van der Waals surface area contributed by atoms with Gasteiger partial charge in [0.1, 0.15) is 4.90 Å². The smallest absolute Gasteiger partial charge is 0.252 e. The number of hydrogen-bond donors (Lipinski definition) is 4. The molecule has 1 amide bonds. The molecule has 1 unspecified atom stereocenters. The number of halogens is 1. The average Bonchev–Trinajstić information content (AvgIpc) is 3.16. The number of fused-ring (bicyclic) bond motifs is 1. The lowest BCUT2D eigenvalue weighted by Crippen LogP contribution is -2.59. The van der Waals surface area contributed by atoms with Crippen LogP contribution in [0.2, 0.25) is 5.02 Å². The van der Waals surface area contributed by atoms with E-state index in [0.29, 0.717) is 6.54 Å². The van der Waals surface area contributed by atoms with Gasteiger partial charge in [-0.2, -0.15) is 0 Å². The van der Waals surface area contributed by atoms with Gasteiger partial charge < -0.3 is 15.6 Å². The maximum absolute atomic E-state index is 12.8. The summed E-state index contributed by atoms with van der Waals surface area (Å²) in [4.78, 5) is 18.1. The van der Waals surface area contributed by atoms with Gasteiger partial charge in [0.2, 0.25) is 10.0 Å². The van der Waals surface area contributed by atoms with Crippen LogP contribution in [-0.2, 0) is 16.4 Å². The summed E-state index contributed by atoms with van der Waals surface area (Å²) in [6, 6.07) is 12.2. The van der Waals surface area contributed by atoms with E-state index in [1.165, 1.54) is 29.1 Å². The molecule has 1 aliphatic heterocycles. The van der Waals surface area contributed by atoms with E-state index < -0.39 is 10.0 Å². The molecule has 1 aliphatic rings. The van der Waals surface area contributed by atoms with Gasteiger partial charge in [0.05, 0.1) is 11.2 Å². The van der Waals surface area contributed by atoms with Crippen molar-refractivity contribution in [2.75, 3.05) is 26.2 Å². The van der Waals surface area contributed by atoms with Crippen molar-refractivity contribution in [3.8, 4) is 0 Å². The molecule has 0 aliphatic carbocycles. The van der Waals surface area contributed by atoms with E-state index in [1.807, 2.05) is 18.3 Å². The summed E-state index contributed by atoms with van der Waals surface area (Å²) < 4.78 is 23.4. The van der Waals surface area contributed by atoms with Crippen molar-refractivity contribution in [2.45, 2.75) is 17.5 Å². The van der Waals surface area contributed by atoms with Crippen molar-refractivity contribution in [3.63, 3.8) is 0 Å². The van der Waals surface area contributed by atoms with Crippen LogP contribution in [0.3, 0.4) is 0 Å². The number of aromatic nitrogens is 1. The highest BCUT2D eigenvalue weighted by Crippen LogP contribution is 2.22. The molecule has 0 saturated carbocycles. The van der Waals surface area contributed by atoms with Crippen molar-refractivity contribution in [3.05, 3.63) is 64.8 Å². The summed E-state index contributed by atoms with van der Waals surface area (Å²) in [7, 11) is -4.02. The number of para-hydroxylation sites is 1. The zero-order valence-electron chi connectivity index (χ0n) is 16.8. The minimum absolute atomic E-state index is 0.0151. The largest absolute Gasteiger partial charge is 0.361 e. The third-order valence-corrected chi connectivity index (χ3v) is 6.89. The van der Waals surface area contributed by atoms with E-state index in [9.17, 15) is 13.2 Å². The highest BCUT2D eigenvalue weighted by molar-refractivity contribution is 7.89. The second-order valence-corrected chi connectivity index (χ2v) is 9.47. The lowest BCUT2D eigenvalue weighted by Gasteiger charge is -2.36. The van der Waals surface area contributed by atoms with Crippen LogP contribution in [-0.4, -0.2) is 56.6 Å². The van der Waals surface area contributed by atoms with Crippen LogP contribution in [0.1, 0.15) is 15.9 Å². The molecular weight excluding hydrogens is 438 g/mol. The first-order chi connectivity index (χ1) is 14.8. The quantitative estimate of drug-likeness (QED) is 0.445. The highest BCUT2D eigenvalue weighted by atomic mass is 35.5. The Morgan fingerprint density at radius 2 is 2.06 bits per heavy atom. The van der Waals surface area contributed by atoms with Crippen molar-refractivity contribution < 1.29 is 13.2 Å². The Morgan fingerprint density at radius 1 is 1.26 bits per heavy atom. The number of amides is 1. The van der Waals surface area contributed by atoms with E-state index in [1.54, 1.807) is 0 Å². The molecule has 164 valence electrons. The van der Waals surface area contributed by atoms with E-state index in [4.69, 9.17) is 16.7 Å². The zero-order chi connectivity index (χ0) is 22.0. The van der Waals surface area contributed by atoms with Crippen LogP contribution in [0.4, 0.5) is 0 Å². The molecule has 4 rings (SSSR count). The van der Waals surface area contributed by atoms with Gasteiger partial charge in [-0.3, -0.25) is 9.69 Å². The Morgan fingerprint density at radius 3 is 2.87 bits per heavy atom. The first kappa shape index (κ1) is 21.8. The number of rotatable bonds is 6. The first-order valence-corrected chi connectivity index (χ1v) is 11.9. The number of aromatic amines is 1. The monoisotopic (exact) mass is 461 g/mol. The minimum Gasteiger partial charge on any atom is -0.361 e. The number of piperazine rings is 1. The third-order valence-electron chi connectivity index (χ3n) is 5.50. The maximum Gasteiger partial charge on any atom is 0.252 e. The number of nitrogens with two attached hydrogens (primary N) is 1. The van der Waals surface area contributed by atoms with E-state index in [2.05, 4.69) is 32.7 Å². The van der Waals surface area contributed by atoms with E-state index in [0.717, 1.165) is 31.6 Å². The maximum atomic E-state index is 12.8. The molecule has 1 saturated heterocycles. The summed E-state index contributed by atoms with van der Waals surface area (Å²) in [5.41, 5.74) is 2.53. The molecule has 2 aromatic carbocycles. The molecule has 31 heavy (non-hydrogen) atoms. The van der Waals surface area contributed by atoms with Crippen LogP contribution in [0.15, 0.2) is 53.6 Å². The topological polar surface area (TPSA) is 120 Å². The number of nitrogens with one attached hydrogen (secondary N) is 3. The van der Waals surface area contributed by atoms with E-state index in [-0.39, 0.29) is 27.6 Å². The zero-order valence-corrected chi connectivity index (χ0v) is 18.3. The Labute approximate surface area is 185 Å². The fraction of sp³-hybridized carbons (Fsp3) is 0.286. The summed E-state index contributed by atoms with van der Waals surface area (Å²) >= 11 is 5.92. The Balaban J connectivity index is 1.46. The molecule has 0 radical (unpaired) electrons. The van der Waals surface area contributed by atoms with Crippen molar-refractivity contribution in [1.82, 2.24) is 20.5 Å². The van der Waals surface area contributed by atoms with Gasteiger partial charge >= 0.3 is 0 Å². The van der Waals surface area contributed by atoms with Gasteiger partial charge in [-0.25, -0.2) is 13.6 Å². The third kappa shape index (κ3) is 4.91. The van der Waals surface area contributed by atoms with Crippen molar-refractivity contribution >= 4 is 38.4 Å². The molecule has 2 heterocycles. The van der Waals surface area contributed by atoms with Crippen LogP contribution in [0.5, 0.6) is 0 Å². The Kier molecular flexibility index (Phi) is 6.31. The number of sulfonamides is 1. The molecule has 1 atom stereocenters. The average molecular weight is 462 g/mol.